The van der Waals surface area contributed by atoms with Gasteiger partial charge in [-0.3, -0.25) is 9.59 Å². The molecule has 2 amide bonds. The van der Waals surface area contributed by atoms with Gasteiger partial charge in [0.25, 0.3) is 0 Å². The van der Waals surface area contributed by atoms with Gasteiger partial charge in [-0.25, -0.2) is 0 Å². The molecule has 2 N–H and O–H groups in total. The van der Waals surface area contributed by atoms with E-state index in [0.29, 0.717) is 0 Å². The van der Waals surface area contributed by atoms with Crippen LogP contribution in [0.3, 0.4) is 0 Å². The van der Waals surface area contributed by atoms with Gasteiger partial charge in [-0.05, 0) is 33.1 Å². The third-order valence-electron chi connectivity index (χ3n) is 3.73. The minimum atomic E-state index is -0.437. The lowest BCUT2D eigenvalue weighted by molar-refractivity contribution is -0.131. The maximum Gasteiger partial charge on any atom is 0.242 e. The van der Waals surface area contributed by atoms with Gasteiger partial charge in [0.15, 0.2) is 0 Å². The first-order chi connectivity index (χ1) is 8.54. The molecular formula is C14H26N2O2. The van der Waals surface area contributed by atoms with Gasteiger partial charge in [0.05, 0.1) is 0 Å². The van der Waals surface area contributed by atoms with Crippen LogP contribution in [0.25, 0.3) is 0 Å². The zero-order chi connectivity index (χ0) is 13.5. The van der Waals surface area contributed by atoms with Gasteiger partial charge in [0.1, 0.15) is 6.04 Å². The summed E-state index contributed by atoms with van der Waals surface area (Å²) in [5.41, 5.74) is 0. The van der Waals surface area contributed by atoms with Crippen molar-refractivity contribution in [1.29, 1.82) is 0 Å². The minimum absolute atomic E-state index is 0.0431. The normalized spacial score (nSPS) is 19.9. The Hall–Kier alpha value is -1.06. The molecule has 0 bridgehead atoms. The number of carbonyl (C=O) groups is 2. The summed E-state index contributed by atoms with van der Waals surface area (Å²) in [7, 11) is 0. The van der Waals surface area contributed by atoms with Gasteiger partial charge < -0.3 is 10.6 Å². The van der Waals surface area contributed by atoms with Crippen LogP contribution in [0.2, 0.25) is 0 Å². The second-order valence-corrected chi connectivity index (χ2v) is 5.38. The summed E-state index contributed by atoms with van der Waals surface area (Å²) in [5.74, 6) is 0.0626. The van der Waals surface area contributed by atoms with E-state index < -0.39 is 6.04 Å². The fourth-order valence-electron chi connectivity index (χ4n) is 2.23. The van der Waals surface area contributed by atoms with Crippen LogP contribution in [0.1, 0.15) is 59.3 Å². The summed E-state index contributed by atoms with van der Waals surface area (Å²) >= 11 is 0. The highest BCUT2D eigenvalue weighted by Crippen LogP contribution is 2.23. The van der Waals surface area contributed by atoms with Crippen molar-refractivity contribution in [2.45, 2.75) is 71.4 Å². The van der Waals surface area contributed by atoms with Gasteiger partial charge in [-0.15, -0.1) is 0 Å². The van der Waals surface area contributed by atoms with E-state index in [-0.39, 0.29) is 23.8 Å². The van der Waals surface area contributed by atoms with Crippen LogP contribution < -0.4 is 10.6 Å². The highest BCUT2D eigenvalue weighted by atomic mass is 16.2. The standard InChI is InChI=1S/C14H26N2O2/c1-4-10(2)15-13(17)11(3)16-14(18)12-8-6-5-7-9-12/h10-12H,4-9H2,1-3H3,(H,15,17)(H,16,18)/t10-,11+/m0/s1. The number of hydrogen-bond acceptors (Lipinski definition) is 2. The lowest BCUT2D eigenvalue weighted by Gasteiger charge is -2.23. The molecule has 4 nitrogen and oxygen atoms in total. The second kappa shape index (κ2) is 7.39. The summed E-state index contributed by atoms with van der Waals surface area (Å²) < 4.78 is 0. The zero-order valence-corrected chi connectivity index (χ0v) is 11.8. The molecular weight excluding hydrogens is 228 g/mol. The fourth-order valence-corrected chi connectivity index (χ4v) is 2.23. The number of amides is 2. The first-order valence-electron chi connectivity index (χ1n) is 7.15. The molecule has 1 aliphatic carbocycles. The number of carbonyl (C=O) groups excluding carboxylic acids is 2. The third kappa shape index (κ3) is 4.67. The molecule has 0 heterocycles. The summed E-state index contributed by atoms with van der Waals surface area (Å²) in [6.45, 7) is 5.74. The molecule has 1 saturated carbocycles. The van der Waals surface area contributed by atoms with Crippen molar-refractivity contribution < 1.29 is 9.59 Å². The van der Waals surface area contributed by atoms with E-state index in [1.807, 2.05) is 13.8 Å². The number of hydrogen-bond donors (Lipinski definition) is 2. The lowest BCUT2D eigenvalue weighted by atomic mass is 9.88. The molecule has 0 unspecified atom stereocenters. The fraction of sp³-hybridized carbons (Fsp3) is 0.857. The molecule has 4 heteroatoms. The van der Waals surface area contributed by atoms with Crippen LogP contribution in [0, 0.1) is 5.92 Å². The average molecular weight is 254 g/mol. The summed E-state index contributed by atoms with van der Waals surface area (Å²) in [5, 5.41) is 5.71. The largest absolute Gasteiger partial charge is 0.352 e. The van der Waals surface area contributed by atoms with E-state index in [0.717, 1.165) is 32.1 Å². The molecule has 0 aliphatic heterocycles. The maximum absolute atomic E-state index is 12.0. The van der Waals surface area contributed by atoms with Crippen LogP contribution in [0.5, 0.6) is 0 Å². The Bertz CT molecular complexity index is 286. The van der Waals surface area contributed by atoms with E-state index in [1.165, 1.54) is 6.42 Å². The Balaban J connectivity index is 2.35. The predicted molar refractivity (Wildman–Crippen MR) is 72.1 cm³/mol. The molecule has 0 radical (unpaired) electrons. The lowest BCUT2D eigenvalue weighted by Crippen LogP contribution is -2.48. The van der Waals surface area contributed by atoms with Gasteiger partial charge in [0, 0.05) is 12.0 Å². The predicted octanol–water partition coefficient (Wildman–Crippen LogP) is 1.99. The Morgan fingerprint density at radius 2 is 1.72 bits per heavy atom. The molecule has 1 fully saturated rings. The van der Waals surface area contributed by atoms with Crippen LogP contribution in [-0.2, 0) is 9.59 Å². The smallest absolute Gasteiger partial charge is 0.242 e. The molecule has 104 valence electrons. The summed E-state index contributed by atoms with van der Waals surface area (Å²) in [6.07, 6.45) is 6.32. The van der Waals surface area contributed by atoms with Crippen LogP contribution in [0.15, 0.2) is 0 Å². The van der Waals surface area contributed by atoms with Crippen molar-refractivity contribution >= 4 is 11.8 Å². The summed E-state index contributed by atoms with van der Waals surface area (Å²) in [4.78, 5) is 23.8. The van der Waals surface area contributed by atoms with E-state index in [4.69, 9.17) is 0 Å². The summed E-state index contributed by atoms with van der Waals surface area (Å²) in [6, 6.07) is -0.278. The highest BCUT2D eigenvalue weighted by molar-refractivity contribution is 5.88. The van der Waals surface area contributed by atoms with Crippen molar-refractivity contribution in [3.8, 4) is 0 Å². The molecule has 1 aliphatic rings. The number of rotatable bonds is 5. The van der Waals surface area contributed by atoms with Crippen molar-refractivity contribution in [2.75, 3.05) is 0 Å². The van der Waals surface area contributed by atoms with Crippen molar-refractivity contribution in [3.63, 3.8) is 0 Å². The molecule has 0 aromatic heterocycles. The van der Waals surface area contributed by atoms with E-state index in [2.05, 4.69) is 10.6 Å². The Morgan fingerprint density at radius 3 is 2.28 bits per heavy atom. The Morgan fingerprint density at radius 1 is 1.11 bits per heavy atom. The zero-order valence-electron chi connectivity index (χ0n) is 11.8. The van der Waals surface area contributed by atoms with E-state index in [1.54, 1.807) is 6.92 Å². The molecule has 1 rings (SSSR count). The van der Waals surface area contributed by atoms with Crippen LogP contribution in [0.4, 0.5) is 0 Å². The average Bonchev–Trinajstić information content (AvgIpc) is 2.39. The van der Waals surface area contributed by atoms with Gasteiger partial charge in [-0.1, -0.05) is 26.2 Å². The molecule has 0 spiro atoms. The first kappa shape index (κ1) is 15.0. The highest BCUT2D eigenvalue weighted by Gasteiger charge is 2.24. The van der Waals surface area contributed by atoms with Gasteiger partial charge in [-0.2, -0.15) is 0 Å². The van der Waals surface area contributed by atoms with Gasteiger partial charge in [0.2, 0.25) is 11.8 Å². The van der Waals surface area contributed by atoms with Gasteiger partial charge >= 0.3 is 0 Å². The first-order valence-corrected chi connectivity index (χ1v) is 7.15. The van der Waals surface area contributed by atoms with E-state index in [9.17, 15) is 9.59 Å². The SMILES string of the molecule is CC[C@H](C)NC(=O)[C@@H](C)NC(=O)C1CCCCC1. The monoisotopic (exact) mass is 254 g/mol. The third-order valence-corrected chi connectivity index (χ3v) is 3.73. The van der Waals surface area contributed by atoms with Crippen molar-refractivity contribution in [2.24, 2.45) is 5.92 Å². The molecule has 0 aromatic rings. The Kier molecular flexibility index (Phi) is 6.16. The molecule has 18 heavy (non-hydrogen) atoms. The topological polar surface area (TPSA) is 58.2 Å². The quantitative estimate of drug-likeness (QED) is 0.788. The number of nitrogens with one attached hydrogen (secondary N) is 2. The minimum Gasteiger partial charge on any atom is -0.352 e. The van der Waals surface area contributed by atoms with Crippen LogP contribution in [-0.4, -0.2) is 23.9 Å². The van der Waals surface area contributed by atoms with Crippen molar-refractivity contribution in [3.05, 3.63) is 0 Å². The maximum atomic E-state index is 12.0. The van der Waals surface area contributed by atoms with Crippen LogP contribution >= 0.6 is 0 Å². The Labute approximate surface area is 110 Å². The second-order valence-electron chi connectivity index (χ2n) is 5.38. The molecule has 0 aromatic carbocycles. The molecule has 2 atom stereocenters. The van der Waals surface area contributed by atoms with Crippen molar-refractivity contribution in [1.82, 2.24) is 10.6 Å². The molecule has 0 saturated heterocycles. The van der Waals surface area contributed by atoms with E-state index >= 15 is 0 Å².